The quantitative estimate of drug-likeness (QED) is 0.824. The molecule has 150 valence electrons. The van der Waals surface area contributed by atoms with Gasteiger partial charge in [0.2, 0.25) is 11.8 Å². The molecule has 1 aromatic carbocycles. The summed E-state index contributed by atoms with van der Waals surface area (Å²) in [5.74, 6) is 0.349. The van der Waals surface area contributed by atoms with E-state index >= 15 is 0 Å². The Morgan fingerprint density at radius 3 is 2.61 bits per heavy atom. The summed E-state index contributed by atoms with van der Waals surface area (Å²) in [7, 11) is 0. The first-order valence-electron chi connectivity index (χ1n) is 9.46. The molecule has 0 radical (unpaired) electrons. The molecule has 2 amide bonds. The minimum absolute atomic E-state index is 0.0967. The number of nitrogens with one attached hydrogen (secondary N) is 1. The number of aliphatic hydroxyl groups excluding tert-OH is 1. The van der Waals surface area contributed by atoms with Crippen molar-refractivity contribution in [3.8, 4) is 11.3 Å². The molecule has 0 bridgehead atoms. The van der Waals surface area contributed by atoms with Gasteiger partial charge in [0, 0.05) is 31.5 Å². The number of carbonyl (C=O) groups is 2. The van der Waals surface area contributed by atoms with Gasteiger partial charge in [0.15, 0.2) is 12.2 Å². The Kier molecular flexibility index (Phi) is 5.84. The van der Waals surface area contributed by atoms with Gasteiger partial charge in [-0.05, 0) is 11.0 Å². The number of hydrogen-bond donors (Lipinski definition) is 2. The van der Waals surface area contributed by atoms with Crippen molar-refractivity contribution in [1.29, 1.82) is 0 Å². The van der Waals surface area contributed by atoms with Crippen LogP contribution in [-0.2, 0) is 16.1 Å². The highest BCUT2D eigenvalue weighted by molar-refractivity contribution is 5.88. The zero-order valence-corrected chi connectivity index (χ0v) is 16.5. The average Bonchev–Trinajstić information content (AvgIpc) is 3.28. The highest BCUT2D eigenvalue weighted by Gasteiger charge is 2.39. The largest absolute Gasteiger partial charge is 0.444 e. The lowest BCUT2D eigenvalue weighted by molar-refractivity contribution is -0.140. The molecule has 1 aliphatic rings. The number of hydrogen-bond acceptors (Lipinski definition) is 5. The molecule has 1 fully saturated rings. The Balaban J connectivity index is 1.59. The standard InChI is InChI=1S/C21H27N3O4/c1-21(2,3)9-19(26)24-12-16(25)8-17(24)20(27)23-10-14-4-6-15(7-5-14)18-11-22-13-28-18/h4-7,11,13,16-17,25H,8-10,12H2,1-3H3,(H,23,27)/t16-,17+/m1/s1. The van der Waals surface area contributed by atoms with E-state index in [1.165, 1.54) is 11.3 Å². The summed E-state index contributed by atoms with van der Waals surface area (Å²) in [6, 6.07) is 6.99. The van der Waals surface area contributed by atoms with Crippen LogP contribution in [0.25, 0.3) is 11.3 Å². The molecule has 28 heavy (non-hydrogen) atoms. The van der Waals surface area contributed by atoms with Crippen LogP contribution in [0.5, 0.6) is 0 Å². The zero-order valence-electron chi connectivity index (χ0n) is 16.5. The molecule has 2 heterocycles. The molecule has 7 heteroatoms. The maximum absolute atomic E-state index is 12.7. The predicted molar refractivity (Wildman–Crippen MR) is 104 cm³/mol. The lowest BCUT2D eigenvalue weighted by Crippen LogP contribution is -2.46. The first-order chi connectivity index (χ1) is 13.2. The molecule has 0 aliphatic carbocycles. The molecule has 0 saturated carbocycles. The second kappa shape index (κ2) is 8.14. The summed E-state index contributed by atoms with van der Waals surface area (Å²) in [5.41, 5.74) is 1.67. The normalized spacial score (nSPS) is 19.6. The number of rotatable bonds is 5. The van der Waals surface area contributed by atoms with Crippen molar-refractivity contribution >= 4 is 11.8 Å². The number of carbonyl (C=O) groups excluding carboxylic acids is 2. The SMILES string of the molecule is CC(C)(C)CC(=O)N1C[C@H](O)C[C@H]1C(=O)NCc1ccc(-c2cnco2)cc1. The van der Waals surface area contributed by atoms with Crippen LogP contribution in [0.2, 0.25) is 0 Å². The van der Waals surface area contributed by atoms with E-state index in [0.717, 1.165) is 11.1 Å². The summed E-state index contributed by atoms with van der Waals surface area (Å²) in [4.78, 5) is 30.6. The fourth-order valence-electron chi connectivity index (χ4n) is 3.35. The van der Waals surface area contributed by atoms with Gasteiger partial charge in [-0.25, -0.2) is 4.98 Å². The molecule has 3 rings (SSSR count). The predicted octanol–water partition coefficient (Wildman–Crippen LogP) is 2.36. The van der Waals surface area contributed by atoms with Crippen molar-refractivity contribution in [2.45, 2.75) is 52.3 Å². The lowest BCUT2D eigenvalue weighted by atomic mass is 9.91. The topological polar surface area (TPSA) is 95.7 Å². The minimum Gasteiger partial charge on any atom is -0.444 e. The van der Waals surface area contributed by atoms with Gasteiger partial charge in [-0.1, -0.05) is 45.0 Å². The summed E-state index contributed by atoms with van der Waals surface area (Å²) in [6.07, 6.45) is 2.97. The molecule has 1 saturated heterocycles. The number of amides is 2. The molecular formula is C21H27N3O4. The molecule has 2 N–H and O–H groups in total. The summed E-state index contributed by atoms with van der Waals surface area (Å²) < 4.78 is 5.26. The van der Waals surface area contributed by atoms with Crippen LogP contribution < -0.4 is 5.32 Å². The first-order valence-corrected chi connectivity index (χ1v) is 9.46. The average molecular weight is 385 g/mol. The van der Waals surface area contributed by atoms with E-state index in [-0.39, 0.29) is 30.2 Å². The number of likely N-dealkylation sites (tertiary alicyclic amines) is 1. The lowest BCUT2D eigenvalue weighted by Gasteiger charge is -2.27. The van der Waals surface area contributed by atoms with Gasteiger partial charge in [-0.2, -0.15) is 0 Å². The molecule has 0 spiro atoms. The highest BCUT2D eigenvalue weighted by Crippen LogP contribution is 2.25. The minimum atomic E-state index is -0.666. The van der Waals surface area contributed by atoms with Gasteiger partial charge in [0.05, 0.1) is 12.3 Å². The fraction of sp³-hybridized carbons (Fsp3) is 0.476. The van der Waals surface area contributed by atoms with E-state index in [1.54, 1.807) is 6.20 Å². The zero-order chi connectivity index (χ0) is 20.3. The molecular weight excluding hydrogens is 358 g/mol. The first kappa shape index (κ1) is 20.1. The van der Waals surface area contributed by atoms with E-state index in [0.29, 0.717) is 18.7 Å². The van der Waals surface area contributed by atoms with E-state index in [9.17, 15) is 14.7 Å². The van der Waals surface area contributed by atoms with Gasteiger partial charge in [-0.3, -0.25) is 9.59 Å². The number of nitrogens with zero attached hydrogens (tertiary/aromatic N) is 2. The Morgan fingerprint density at radius 1 is 1.29 bits per heavy atom. The van der Waals surface area contributed by atoms with E-state index in [2.05, 4.69) is 10.3 Å². The second-order valence-corrected chi connectivity index (χ2v) is 8.47. The molecule has 2 aromatic rings. The van der Waals surface area contributed by atoms with Gasteiger partial charge in [0.1, 0.15) is 6.04 Å². The molecule has 0 unspecified atom stereocenters. The Labute approximate surface area is 164 Å². The van der Waals surface area contributed by atoms with Crippen LogP contribution in [0.4, 0.5) is 0 Å². The van der Waals surface area contributed by atoms with Crippen molar-refractivity contribution in [3.63, 3.8) is 0 Å². The van der Waals surface area contributed by atoms with Crippen molar-refractivity contribution in [1.82, 2.24) is 15.2 Å². The number of aliphatic hydroxyl groups is 1. The highest BCUT2D eigenvalue weighted by atomic mass is 16.3. The van der Waals surface area contributed by atoms with Crippen LogP contribution in [0.15, 0.2) is 41.3 Å². The third-order valence-electron chi connectivity index (χ3n) is 4.72. The smallest absolute Gasteiger partial charge is 0.243 e. The number of aromatic nitrogens is 1. The van der Waals surface area contributed by atoms with Crippen LogP contribution in [0.3, 0.4) is 0 Å². The van der Waals surface area contributed by atoms with Crippen LogP contribution in [0, 0.1) is 5.41 Å². The fourth-order valence-corrected chi connectivity index (χ4v) is 3.35. The van der Waals surface area contributed by atoms with E-state index in [4.69, 9.17) is 4.42 Å². The summed E-state index contributed by atoms with van der Waals surface area (Å²) in [5, 5.41) is 12.9. The van der Waals surface area contributed by atoms with Gasteiger partial charge >= 0.3 is 0 Å². The summed E-state index contributed by atoms with van der Waals surface area (Å²) >= 11 is 0. The van der Waals surface area contributed by atoms with Gasteiger partial charge in [-0.15, -0.1) is 0 Å². The van der Waals surface area contributed by atoms with Crippen molar-refractivity contribution < 1.29 is 19.1 Å². The van der Waals surface area contributed by atoms with Crippen LogP contribution in [-0.4, -0.2) is 45.5 Å². The molecule has 1 aromatic heterocycles. The number of β-amino-alcohol motifs (C(OH)–C–C–N with tert-alkyl or cyclic N) is 1. The van der Waals surface area contributed by atoms with Crippen LogP contribution in [0.1, 0.15) is 39.2 Å². The van der Waals surface area contributed by atoms with Crippen molar-refractivity contribution in [3.05, 3.63) is 42.4 Å². The maximum Gasteiger partial charge on any atom is 0.243 e. The monoisotopic (exact) mass is 385 g/mol. The Hall–Kier alpha value is -2.67. The van der Waals surface area contributed by atoms with E-state index in [1.807, 2.05) is 45.0 Å². The summed E-state index contributed by atoms with van der Waals surface area (Å²) in [6.45, 7) is 6.50. The Bertz CT molecular complexity index is 809. The molecule has 7 nitrogen and oxygen atoms in total. The molecule has 2 atom stereocenters. The van der Waals surface area contributed by atoms with Crippen LogP contribution >= 0.6 is 0 Å². The maximum atomic E-state index is 12.7. The molecule has 1 aliphatic heterocycles. The van der Waals surface area contributed by atoms with Crippen molar-refractivity contribution in [2.75, 3.05) is 6.54 Å². The number of oxazole rings is 1. The van der Waals surface area contributed by atoms with E-state index < -0.39 is 12.1 Å². The van der Waals surface area contributed by atoms with Gasteiger partial charge in [0.25, 0.3) is 0 Å². The third-order valence-corrected chi connectivity index (χ3v) is 4.72. The van der Waals surface area contributed by atoms with Crippen molar-refractivity contribution in [2.24, 2.45) is 5.41 Å². The number of benzene rings is 1. The third kappa shape index (κ3) is 4.98. The van der Waals surface area contributed by atoms with Gasteiger partial charge < -0.3 is 19.7 Å². The second-order valence-electron chi connectivity index (χ2n) is 8.47. The Morgan fingerprint density at radius 2 is 2.00 bits per heavy atom.